The lowest BCUT2D eigenvalue weighted by molar-refractivity contribution is 0.896. The number of rotatable bonds is 8. The van der Waals surface area contributed by atoms with Crippen molar-refractivity contribution < 1.29 is 0 Å². The Hall–Kier alpha value is -2.54. The van der Waals surface area contributed by atoms with Crippen molar-refractivity contribution in [2.24, 2.45) is 16.7 Å². The highest BCUT2D eigenvalue weighted by molar-refractivity contribution is 7.99. The Morgan fingerprint density at radius 1 is 1.42 bits per heavy atom. The lowest BCUT2D eigenvalue weighted by Crippen LogP contribution is -2.15. The molecule has 0 amide bonds. The minimum Gasteiger partial charge on any atom is -0.382 e. The van der Waals surface area contributed by atoms with Crippen molar-refractivity contribution in [2.45, 2.75) is 24.7 Å². The van der Waals surface area contributed by atoms with E-state index in [1.807, 2.05) is 36.5 Å². The fourth-order valence-electron chi connectivity index (χ4n) is 2.06. The summed E-state index contributed by atoms with van der Waals surface area (Å²) in [6.45, 7) is 2.17. The number of anilines is 2. The zero-order chi connectivity index (χ0) is 17.4. The molecule has 0 atom stereocenters. The summed E-state index contributed by atoms with van der Waals surface area (Å²) < 4.78 is 0. The zero-order valence-corrected chi connectivity index (χ0v) is 14.4. The molecular formula is C17H22N6S. The Morgan fingerprint density at radius 2 is 2.25 bits per heavy atom. The average Bonchev–Trinajstić information content (AvgIpc) is 2.62. The number of nitrogens with zero attached hydrogens (tertiary/aromatic N) is 2. The summed E-state index contributed by atoms with van der Waals surface area (Å²) in [5.41, 5.74) is 8.01. The van der Waals surface area contributed by atoms with Crippen molar-refractivity contribution in [1.29, 1.82) is 5.41 Å². The van der Waals surface area contributed by atoms with E-state index in [-0.39, 0.29) is 5.84 Å². The molecule has 126 valence electrons. The number of hydrogen-bond donors (Lipinski definition) is 4. The van der Waals surface area contributed by atoms with Gasteiger partial charge in [-0.3, -0.25) is 0 Å². The molecule has 0 saturated carbocycles. The molecule has 0 unspecified atom stereocenters. The van der Waals surface area contributed by atoms with Crippen LogP contribution in [-0.4, -0.2) is 22.8 Å². The van der Waals surface area contributed by atoms with Crippen LogP contribution in [0.2, 0.25) is 0 Å². The molecule has 0 fully saturated rings. The summed E-state index contributed by atoms with van der Waals surface area (Å²) in [6.07, 6.45) is 5.47. The maximum atomic E-state index is 7.63. The summed E-state index contributed by atoms with van der Waals surface area (Å²) in [5.74, 6) is 7.17. The SMILES string of the molecule is CCCCSc1cnc(Nc2cccc(/C(N)=N/N)c2)c(C=N)c1. The molecule has 6 N–H and O–H groups in total. The molecule has 1 aromatic heterocycles. The molecule has 24 heavy (non-hydrogen) atoms. The smallest absolute Gasteiger partial charge is 0.150 e. The molecule has 0 aliphatic heterocycles. The molecule has 7 heteroatoms. The Bertz CT molecular complexity index is 729. The van der Waals surface area contributed by atoms with Crippen LogP contribution >= 0.6 is 11.8 Å². The molecule has 2 rings (SSSR count). The van der Waals surface area contributed by atoms with E-state index in [1.165, 1.54) is 19.1 Å². The summed E-state index contributed by atoms with van der Waals surface area (Å²) in [7, 11) is 0. The van der Waals surface area contributed by atoms with E-state index in [1.54, 1.807) is 11.8 Å². The van der Waals surface area contributed by atoms with Gasteiger partial charge in [0.05, 0.1) is 0 Å². The van der Waals surface area contributed by atoms with Gasteiger partial charge in [-0.2, -0.15) is 5.10 Å². The van der Waals surface area contributed by atoms with E-state index in [0.29, 0.717) is 5.82 Å². The fraction of sp³-hybridized carbons (Fsp3) is 0.235. The van der Waals surface area contributed by atoms with Crippen LogP contribution in [0.25, 0.3) is 0 Å². The van der Waals surface area contributed by atoms with Crippen molar-refractivity contribution in [3.05, 3.63) is 47.7 Å². The number of hydrazone groups is 1. The van der Waals surface area contributed by atoms with Crippen molar-refractivity contribution in [1.82, 2.24) is 4.98 Å². The zero-order valence-electron chi connectivity index (χ0n) is 13.6. The third-order valence-electron chi connectivity index (χ3n) is 3.37. The van der Waals surface area contributed by atoms with Gasteiger partial charge >= 0.3 is 0 Å². The van der Waals surface area contributed by atoms with Crippen molar-refractivity contribution in [3.8, 4) is 0 Å². The first-order valence-corrected chi connectivity index (χ1v) is 8.70. The number of thioether (sulfide) groups is 1. The number of amidine groups is 1. The lowest BCUT2D eigenvalue weighted by atomic mass is 10.2. The van der Waals surface area contributed by atoms with Crippen molar-refractivity contribution in [2.75, 3.05) is 11.1 Å². The predicted octanol–water partition coefficient (Wildman–Crippen LogP) is 3.29. The largest absolute Gasteiger partial charge is 0.382 e. The van der Waals surface area contributed by atoms with Crippen LogP contribution in [0.5, 0.6) is 0 Å². The maximum Gasteiger partial charge on any atom is 0.150 e. The van der Waals surface area contributed by atoms with E-state index < -0.39 is 0 Å². The van der Waals surface area contributed by atoms with Gasteiger partial charge in [-0.05, 0) is 30.4 Å². The summed E-state index contributed by atoms with van der Waals surface area (Å²) in [6, 6.07) is 9.39. The van der Waals surface area contributed by atoms with Crippen molar-refractivity contribution >= 4 is 35.3 Å². The van der Waals surface area contributed by atoms with Crippen LogP contribution in [0.4, 0.5) is 11.5 Å². The molecule has 6 nitrogen and oxygen atoms in total. The molecule has 0 saturated heterocycles. The second-order valence-electron chi connectivity index (χ2n) is 5.18. The quantitative estimate of drug-likeness (QED) is 0.147. The highest BCUT2D eigenvalue weighted by Gasteiger charge is 2.06. The van der Waals surface area contributed by atoms with Gasteiger partial charge in [0.15, 0.2) is 0 Å². The molecule has 0 aliphatic rings. The van der Waals surface area contributed by atoms with Crippen LogP contribution in [0.1, 0.15) is 30.9 Å². The number of pyridine rings is 1. The Labute approximate surface area is 146 Å². The van der Waals surface area contributed by atoms with Gasteiger partial charge in [0.25, 0.3) is 0 Å². The van der Waals surface area contributed by atoms with Crippen LogP contribution in [0.15, 0.2) is 46.5 Å². The number of benzene rings is 1. The molecule has 0 bridgehead atoms. The first kappa shape index (κ1) is 17.8. The molecule has 2 aromatic rings. The topological polar surface area (TPSA) is 113 Å². The van der Waals surface area contributed by atoms with Crippen molar-refractivity contribution in [3.63, 3.8) is 0 Å². The second-order valence-corrected chi connectivity index (χ2v) is 6.34. The molecule has 0 aliphatic carbocycles. The highest BCUT2D eigenvalue weighted by atomic mass is 32.2. The van der Waals surface area contributed by atoms with Gasteiger partial charge in [-0.1, -0.05) is 25.5 Å². The first-order chi connectivity index (χ1) is 11.7. The van der Waals surface area contributed by atoms with Gasteiger partial charge in [-0.15, -0.1) is 11.8 Å². The Kier molecular flexibility index (Phi) is 6.62. The fourth-order valence-corrected chi connectivity index (χ4v) is 3.06. The number of nitrogens with two attached hydrogens (primary N) is 2. The Balaban J connectivity index is 2.19. The molecular weight excluding hydrogens is 320 g/mol. The molecule has 0 radical (unpaired) electrons. The summed E-state index contributed by atoms with van der Waals surface area (Å²) >= 11 is 1.76. The number of nitrogens with one attached hydrogen (secondary N) is 2. The van der Waals surface area contributed by atoms with Crippen LogP contribution in [0.3, 0.4) is 0 Å². The lowest BCUT2D eigenvalue weighted by Gasteiger charge is -2.11. The third-order valence-corrected chi connectivity index (χ3v) is 4.42. The van der Waals surface area contributed by atoms with E-state index in [4.69, 9.17) is 17.0 Å². The second kappa shape index (κ2) is 8.93. The Morgan fingerprint density at radius 3 is 2.96 bits per heavy atom. The molecule has 1 aromatic carbocycles. The van der Waals surface area contributed by atoms with Gasteiger partial charge in [-0.25, -0.2) is 4.98 Å². The van der Waals surface area contributed by atoms with Gasteiger partial charge < -0.3 is 22.3 Å². The molecule has 1 heterocycles. The number of aromatic nitrogens is 1. The van der Waals surface area contributed by atoms with E-state index >= 15 is 0 Å². The summed E-state index contributed by atoms with van der Waals surface area (Å²) in [5, 5.41) is 14.3. The normalized spacial score (nSPS) is 11.3. The van der Waals surface area contributed by atoms with Gasteiger partial charge in [0, 0.05) is 34.1 Å². The van der Waals surface area contributed by atoms with Gasteiger partial charge in [0.2, 0.25) is 0 Å². The maximum absolute atomic E-state index is 7.63. The van der Waals surface area contributed by atoms with Crippen LogP contribution < -0.4 is 16.9 Å². The minimum absolute atomic E-state index is 0.265. The summed E-state index contributed by atoms with van der Waals surface area (Å²) in [4.78, 5) is 5.52. The van der Waals surface area contributed by atoms with Gasteiger partial charge in [0.1, 0.15) is 11.7 Å². The van der Waals surface area contributed by atoms with E-state index in [9.17, 15) is 0 Å². The minimum atomic E-state index is 0.265. The monoisotopic (exact) mass is 342 g/mol. The van der Waals surface area contributed by atoms with E-state index in [0.717, 1.165) is 27.5 Å². The van der Waals surface area contributed by atoms with Crippen LogP contribution in [0, 0.1) is 5.41 Å². The first-order valence-electron chi connectivity index (χ1n) is 7.72. The number of unbranched alkanes of at least 4 members (excludes halogenated alkanes) is 1. The third kappa shape index (κ3) is 4.73. The predicted molar refractivity (Wildman–Crippen MR) is 102 cm³/mol. The molecule has 0 spiro atoms. The van der Waals surface area contributed by atoms with E-state index in [2.05, 4.69) is 22.3 Å². The van der Waals surface area contributed by atoms with Crippen LogP contribution in [-0.2, 0) is 0 Å². The highest BCUT2D eigenvalue weighted by Crippen LogP contribution is 2.24. The number of hydrogen-bond acceptors (Lipinski definition) is 6. The standard InChI is InChI=1S/C17H22N6S/c1-2-3-7-24-15-9-13(10-18)17(21-11-15)22-14-6-4-5-12(8-14)16(19)23-20/h4-6,8-11,18H,2-3,7,20H2,1H3,(H2,19,23)(H,21,22). The average molecular weight is 342 g/mol.